The second-order valence-corrected chi connectivity index (χ2v) is 5.48. The van der Waals surface area contributed by atoms with Crippen molar-refractivity contribution in [2.75, 3.05) is 18.1 Å². The molecule has 2 bridgehead atoms. The summed E-state index contributed by atoms with van der Waals surface area (Å²) in [6.07, 6.45) is 2.17. The summed E-state index contributed by atoms with van der Waals surface area (Å²) < 4.78 is 6.08. The Balaban J connectivity index is 1.99. The van der Waals surface area contributed by atoms with E-state index in [1.54, 1.807) is 6.07 Å². The molecule has 3 rings (SSSR count). The van der Waals surface area contributed by atoms with Gasteiger partial charge < -0.3 is 14.7 Å². The Morgan fingerprint density at radius 2 is 2.06 bits per heavy atom. The normalized spacial score (nSPS) is 26.4. The minimum absolute atomic E-state index is 0.262. The minimum atomic E-state index is -0.931. The van der Waals surface area contributed by atoms with Crippen molar-refractivity contribution in [2.24, 2.45) is 0 Å². The van der Waals surface area contributed by atoms with E-state index in [9.17, 15) is 4.79 Å². The lowest BCUT2D eigenvalue weighted by Crippen LogP contribution is -2.46. The van der Waals surface area contributed by atoms with E-state index in [-0.39, 0.29) is 5.56 Å². The third kappa shape index (κ3) is 1.99. The van der Waals surface area contributed by atoms with Crippen LogP contribution in [0.2, 0.25) is 0 Å². The lowest BCUT2D eigenvalue weighted by molar-refractivity contribution is 0.0696. The van der Waals surface area contributed by atoms with Gasteiger partial charge in [0.2, 0.25) is 0 Å². The van der Waals surface area contributed by atoms with Gasteiger partial charge in [-0.3, -0.25) is 0 Å². The number of pyridine rings is 1. The summed E-state index contributed by atoms with van der Waals surface area (Å²) >= 11 is 3.28. The van der Waals surface area contributed by atoms with Crippen LogP contribution in [0.15, 0.2) is 16.7 Å². The van der Waals surface area contributed by atoms with Gasteiger partial charge in [-0.25, -0.2) is 9.78 Å². The molecule has 2 unspecified atom stereocenters. The molecule has 6 heteroatoms. The molecule has 0 spiro atoms. The number of hydrogen-bond donors (Lipinski definition) is 1. The molecule has 0 radical (unpaired) electrons. The SMILES string of the molecule is O=C(O)c1cc(Br)nc(N2C3CCC2COC3)c1. The number of fused-ring (bicyclic) bond motifs is 2. The molecule has 0 aliphatic carbocycles. The van der Waals surface area contributed by atoms with Gasteiger partial charge in [-0.15, -0.1) is 0 Å². The average Bonchev–Trinajstić information content (AvgIpc) is 2.58. The molecule has 2 fully saturated rings. The van der Waals surface area contributed by atoms with Gasteiger partial charge >= 0.3 is 5.97 Å². The summed E-state index contributed by atoms with van der Waals surface area (Å²) in [5.41, 5.74) is 0.262. The van der Waals surface area contributed by atoms with Gasteiger partial charge in [0.25, 0.3) is 0 Å². The molecule has 2 aliphatic rings. The monoisotopic (exact) mass is 312 g/mol. The molecule has 1 N–H and O–H groups in total. The summed E-state index contributed by atoms with van der Waals surface area (Å²) in [5, 5.41) is 9.09. The quantitative estimate of drug-likeness (QED) is 0.845. The summed E-state index contributed by atoms with van der Waals surface area (Å²) in [5.74, 6) is -0.197. The highest BCUT2D eigenvalue weighted by atomic mass is 79.9. The molecule has 1 aromatic rings. The highest BCUT2D eigenvalue weighted by Gasteiger charge is 2.38. The molecule has 2 aliphatic heterocycles. The van der Waals surface area contributed by atoms with Crippen LogP contribution in [-0.4, -0.2) is 41.4 Å². The molecule has 1 aromatic heterocycles. The second kappa shape index (κ2) is 4.51. The third-order valence-electron chi connectivity index (χ3n) is 3.53. The fourth-order valence-corrected chi connectivity index (χ4v) is 3.17. The van der Waals surface area contributed by atoms with E-state index in [1.165, 1.54) is 6.07 Å². The Morgan fingerprint density at radius 1 is 1.39 bits per heavy atom. The minimum Gasteiger partial charge on any atom is -0.478 e. The number of anilines is 1. The van der Waals surface area contributed by atoms with Gasteiger partial charge in [0.05, 0.1) is 30.9 Å². The molecule has 96 valence electrons. The fraction of sp³-hybridized carbons (Fsp3) is 0.500. The molecule has 3 heterocycles. The van der Waals surface area contributed by atoms with E-state index in [4.69, 9.17) is 9.84 Å². The van der Waals surface area contributed by atoms with E-state index >= 15 is 0 Å². The van der Waals surface area contributed by atoms with Crippen molar-refractivity contribution in [1.29, 1.82) is 0 Å². The lowest BCUT2D eigenvalue weighted by Gasteiger charge is -2.35. The van der Waals surface area contributed by atoms with Crippen molar-refractivity contribution in [1.82, 2.24) is 4.98 Å². The topological polar surface area (TPSA) is 62.7 Å². The van der Waals surface area contributed by atoms with Crippen LogP contribution in [0.25, 0.3) is 0 Å². The van der Waals surface area contributed by atoms with Gasteiger partial charge in [-0.2, -0.15) is 0 Å². The predicted molar refractivity (Wildman–Crippen MR) is 69.0 cm³/mol. The Kier molecular flexibility index (Phi) is 2.99. The number of morpholine rings is 1. The van der Waals surface area contributed by atoms with Crippen LogP contribution in [-0.2, 0) is 4.74 Å². The maximum atomic E-state index is 11.1. The molecule has 2 atom stereocenters. The number of aromatic nitrogens is 1. The molecule has 0 saturated carbocycles. The maximum Gasteiger partial charge on any atom is 0.335 e. The zero-order valence-corrected chi connectivity index (χ0v) is 11.3. The summed E-state index contributed by atoms with van der Waals surface area (Å²) in [6.45, 7) is 1.40. The van der Waals surface area contributed by atoms with E-state index in [0.717, 1.165) is 18.7 Å². The summed E-state index contributed by atoms with van der Waals surface area (Å²) in [4.78, 5) is 17.7. The number of carboxylic acid groups (broad SMARTS) is 1. The first-order valence-electron chi connectivity index (χ1n) is 5.92. The van der Waals surface area contributed by atoms with Crippen molar-refractivity contribution in [2.45, 2.75) is 24.9 Å². The smallest absolute Gasteiger partial charge is 0.335 e. The fourth-order valence-electron chi connectivity index (χ4n) is 2.74. The third-order valence-corrected chi connectivity index (χ3v) is 3.94. The molecule has 2 saturated heterocycles. The van der Waals surface area contributed by atoms with Gasteiger partial charge in [-0.05, 0) is 40.9 Å². The van der Waals surface area contributed by atoms with Crippen LogP contribution < -0.4 is 4.90 Å². The van der Waals surface area contributed by atoms with Gasteiger partial charge in [-0.1, -0.05) is 0 Å². The number of hydrogen-bond acceptors (Lipinski definition) is 4. The first-order chi connectivity index (χ1) is 8.65. The van der Waals surface area contributed by atoms with Crippen LogP contribution in [0.4, 0.5) is 5.82 Å². The highest BCUT2D eigenvalue weighted by Crippen LogP contribution is 2.33. The summed E-state index contributed by atoms with van der Waals surface area (Å²) in [6, 6.07) is 3.82. The van der Waals surface area contributed by atoms with Crippen LogP contribution in [0, 0.1) is 0 Å². The number of nitrogens with zero attached hydrogens (tertiary/aromatic N) is 2. The number of ether oxygens (including phenoxy) is 1. The zero-order valence-electron chi connectivity index (χ0n) is 9.67. The summed E-state index contributed by atoms with van der Waals surface area (Å²) in [7, 11) is 0. The van der Waals surface area contributed by atoms with Gasteiger partial charge in [0.1, 0.15) is 10.4 Å². The molecule has 0 amide bonds. The molecule has 18 heavy (non-hydrogen) atoms. The number of carbonyl (C=O) groups is 1. The Bertz CT molecular complexity index is 478. The van der Waals surface area contributed by atoms with Gasteiger partial charge in [0.15, 0.2) is 0 Å². The lowest BCUT2D eigenvalue weighted by atomic mass is 10.2. The maximum absolute atomic E-state index is 11.1. The van der Waals surface area contributed by atoms with Crippen LogP contribution in [0.1, 0.15) is 23.2 Å². The van der Waals surface area contributed by atoms with Crippen LogP contribution in [0.5, 0.6) is 0 Å². The van der Waals surface area contributed by atoms with Crippen molar-refractivity contribution in [3.63, 3.8) is 0 Å². The first-order valence-corrected chi connectivity index (χ1v) is 6.71. The highest BCUT2D eigenvalue weighted by molar-refractivity contribution is 9.10. The number of halogens is 1. The zero-order chi connectivity index (χ0) is 12.7. The van der Waals surface area contributed by atoms with E-state index in [2.05, 4.69) is 25.8 Å². The number of carboxylic acids is 1. The Labute approximate surface area is 113 Å². The average molecular weight is 313 g/mol. The number of rotatable bonds is 2. The van der Waals surface area contributed by atoms with Crippen LogP contribution >= 0.6 is 15.9 Å². The molecular formula is C12H13BrN2O3. The van der Waals surface area contributed by atoms with Crippen molar-refractivity contribution in [3.05, 3.63) is 22.3 Å². The van der Waals surface area contributed by atoms with Crippen molar-refractivity contribution in [3.8, 4) is 0 Å². The van der Waals surface area contributed by atoms with Crippen LogP contribution in [0.3, 0.4) is 0 Å². The molecular weight excluding hydrogens is 300 g/mol. The van der Waals surface area contributed by atoms with E-state index in [1.807, 2.05) is 0 Å². The van der Waals surface area contributed by atoms with Crippen molar-refractivity contribution < 1.29 is 14.6 Å². The first kappa shape index (κ1) is 11.9. The van der Waals surface area contributed by atoms with E-state index in [0.29, 0.717) is 29.9 Å². The molecule has 5 nitrogen and oxygen atoms in total. The number of aromatic carboxylic acids is 1. The Hall–Kier alpha value is -1.14. The predicted octanol–water partition coefficient (Wildman–Crippen LogP) is 1.91. The van der Waals surface area contributed by atoms with E-state index < -0.39 is 5.97 Å². The largest absolute Gasteiger partial charge is 0.478 e. The van der Waals surface area contributed by atoms with Gasteiger partial charge in [0, 0.05) is 0 Å². The molecule has 0 aromatic carbocycles. The Morgan fingerprint density at radius 3 is 2.67 bits per heavy atom. The standard InChI is InChI=1S/C12H13BrN2O3/c13-10-3-7(12(16)17)4-11(14-10)15-8-1-2-9(15)6-18-5-8/h3-4,8-9H,1-2,5-6H2,(H,16,17). The second-order valence-electron chi connectivity index (χ2n) is 4.67. The van der Waals surface area contributed by atoms with Crippen molar-refractivity contribution >= 4 is 27.7 Å².